The molecule has 0 saturated heterocycles. The molecule has 0 aromatic rings. The Hall–Kier alpha value is 0.354. The van der Waals surface area contributed by atoms with Crippen LogP contribution in [-0.2, 0) is 33.5 Å². The summed E-state index contributed by atoms with van der Waals surface area (Å²) in [6, 6.07) is 0. The van der Waals surface area contributed by atoms with Crippen LogP contribution in [0.2, 0.25) is 0 Å². The molecular formula is C4H11O5Ti. The van der Waals surface area contributed by atoms with Gasteiger partial charge in [-0.15, -0.1) is 0 Å². The molecule has 0 spiro atoms. The van der Waals surface area contributed by atoms with Crippen LogP contribution < -0.4 is 0 Å². The molecule has 61 valence electrons. The van der Waals surface area contributed by atoms with Gasteiger partial charge < -0.3 is 7.43 Å². The minimum absolute atomic E-state index is 0. The Morgan fingerprint density at radius 1 is 1.10 bits per heavy atom. The summed E-state index contributed by atoms with van der Waals surface area (Å²) in [6.45, 7) is 0.390. The van der Waals surface area contributed by atoms with E-state index in [9.17, 15) is 0 Å². The Bertz CT molecular complexity index is 40.6. The molecule has 0 amide bonds. The van der Waals surface area contributed by atoms with Crippen molar-refractivity contribution in [3.63, 3.8) is 0 Å². The minimum atomic E-state index is 0. The zero-order chi connectivity index (χ0) is 7.54. The molecule has 0 rings (SSSR count). The first-order valence-corrected chi connectivity index (χ1v) is 2.78. The number of hydrogen-bond acceptors (Lipinski definition) is 5. The van der Waals surface area contributed by atoms with Gasteiger partial charge >= 0.3 is 23.7 Å². The molecule has 10 heavy (non-hydrogen) atoms. The van der Waals surface area contributed by atoms with Crippen LogP contribution in [-0.4, -0.2) is 23.7 Å². The van der Waals surface area contributed by atoms with Crippen molar-refractivity contribution in [2.75, 3.05) is 13.2 Å². The Morgan fingerprint density at radius 3 is 1.60 bits per heavy atom. The maximum atomic E-state index is 8.25. The fourth-order valence-electron chi connectivity index (χ4n) is 0.188. The van der Waals surface area contributed by atoms with Crippen molar-refractivity contribution in [1.29, 1.82) is 0 Å². The van der Waals surface area contributed by atoms with E-state index >= 15 is 0 Å². The van der Waals surface area contributed by atoms with Crippen molar-refractivity contribution in [2.45, 2.75) is 6.42 Å². The number of rotatable bonds is 4. The molecule has 0 radical (unpaired) electrons. The van der Waals surface area contributed by atoms with E-state index in [1.54, 1.807) is 0 Å². The Balaban J connectivity index is -0.000000149. The van der Waals surface area contributed by atoms with E-state index in [0.29, 0.717) is 6.42 Å². The first kappa shape index (κ1) is 16.8. The molecule has 0 aliphatic carbocycles. The van der Waals surface area contributed by atoms with Gasteiger partial charge in [0.25, 0.3) is 0 Å². The van der Waals surface area contributed by atoms with Crippen LogP contribution in [0.15, 0.2) is 0 Å². The topological polar surface area (TPSA) is 76.0 Å². The van der Waals surface area contributed by atoms with Crippen LogP contribution in [0, 0.1) is 7.43 Å². The van der Waals surface area contributed by atoms with E-state index in [1.165, 1.54) is 0 Å². The van der Waals surface area contributed by atoms with Crippen molar-refractivity contribution in [2.24, 2.45) is 0 Å². The summed E-state index contributed by atoms with van der Waals surface area (Å²) in [5, 5.41) is 15.3. The summed E-state index contributed by atoms with van der Waals surface area (Å²) in [7, 11) is 0. The molecule has 2 N–H and O–H groups in total. The molecule has 0 saturated carbocycles. The number of hydrogen-bond donors (Lipinski definition) is 2. The third-order valence-electron chi connectivity index (χ3n) is 0.471. The summed E-state index contributed by atoms with van der Waals surface area (Å²) >= 11 is 0.750. The van der Waals surface area contributed by atoms with Gasteiger partial charge in [0.2, 0.25) is 0 Å². The average Bonchev–Trinajstić information content (AvgIpc) is 1.94. The monoisotopic (exact) mass is 187 g/mol. The van der Waals surface area contributed by atoms with Crippen molar-refractivity contribution in [3.05, 3.63) is 7.43 Å². The van der Waals surface area contributed by atoms with Gasteiger partial charge in [-0.25, -0.2) is 9.78 Å². The standard InChI is InChI=1S/C3H8O4.CH3.O.Ti/c4-6-2-1-3-7-5;;;/h4-5H,1-3H2;1H3;;/q;-1;;+1. The molecule has 0 fully saturated rings. The third-order valence-corrected chi connectivity index (χ3v) is 0.471. The SMILES string of the molecule is OOCCCOO.[CH3-].[O]=[Ti+]. The summed E-state index contributed by atoms with van der Waals surface area (Å²) in [5.41, 5.74) is 0. The predicted octanol–water partition coefficient (Wildman–Crippen LogP) is 0.685. The van der Waals surface area contributed by atoms with Crippen LogP contribution in [0.1, 0.15) is 6.42 Å². The van der Waals surface area contributed by atoms with Crippen LogP contribution in [0.3, 0.4) is 0 Å². The first-order chi connectivity index (χ1) is 4.41. The van der Waals surface area contributed by atoms with Crippen LogP contribution >= 0.6 is 0 Å². The molecule has 0 heterocycles. The van der Waals surface area contributed by atoms with E-state index in [0.717, 1.165) is 20.4 Å². The van der Waals surface area contributed by atoms with Gasteiger partial charge in [-0.3, -0.25) is 10.5 Å². The molecule has 0 aromatic heterocycles. The van der Waals surface area contributed by atoms with E-state index < -0.39 is 0 Å². The van der Waals surface area contributed by atoms with Gasteiger partial charge in [-0.2, -0.15) is 0 Å². The summed E-state index contributed by atoms with van der Waals surface area (Å²) < 4.78 is 8.25. The van der Waals surface area contributed by atoms with Gasteiger partial charge in [0.1, 0.15) is 0 Å². The van der Waals surface area contributed by atoms with Crippen molar-refractivity contribution < 1.29 is 44.0 Å². The average molecular weight is 187 g/mol. The fourth-order valence-corrected chi connectivity index (χ4v) is 0.188. The van der Waals surface area contributed by atoms with Crippen molar-refractivity contribution in [3.8, 4) is 0 Å². The van der Waals surface area contributed by atoms with E-state index in [2.05, 4.69) is 9.78 Å². The van der Waals surface area contributed by atoms with Gasteiger partial charge in [0, 0.05) is 6.42 Å². The molecule has 0 atom stereocenters. The quantitative estimate of drug-likeness (QED) is 0.222. The molecule has 0 aliphatic heterocycles. The zero-order valence-electron chi connectivity index (χ0n) is 5.74. The van der Waals surface area contributed by atoms with Crippen LogP contribution in [0.4, 0.5) is 0 Å². The second-order valence-electron chi connectivity index (χ2n) is 1.02. The van der Waals surface area contributed by atoms with E-state index in [1.807, 2.05) is 0 Å². The van der Waals surface area contributed by atoms with Crippen LogP contribution in [0.25, 0.3) is 0 Å². The summed E-state index contributed by atoms with van der Waals surface area (Å²) in [5.74, 6) is 0. The molecular weight excluding hydrogens is 176 g/mol. The molecule has 0 aliphatic rings. The van der Waals surface area contributed by atoms with E-state index in [4.69, 9.17) is 13.8 Å². The molecule has 0 unspecified atom stereocenters. The maximum absolute atomic E-state index is 8.25. The normalized spacial score (nSPS) is 7.20. The van der Waals surface area contributed by atoms with Gasteiger partial charge in [0.05, 0.1) is 13.2 Å². The van der Waals surface area contributed by atoms with Gasteiger partial charge in [-0.1, -0.05) is 0 Å². The summed E-state index contributed by atoms with van der Waals surface area (Å²) in [6.07, 6.45) is 0.493. The van der Waals surface area contributed by atoms with Crippen molar-refractivity contribution in [1.82, 2.24) is 0 Å². The van der Waals surface area contributed by atoms with E-state index in [-0.39, 0.29) is 20.6 Å². The first-order valence-electron chi connectivity index (χ1n) is 2.15. The summed E-state index contributed by atoms with van der Waals surface area (Å²) in [4.78, 5) is 7.31. The molecule has 0 aromatic carbocycles. The van der Waals surface area contributed by atoms with Crippen molar-refractivity contribution >= 4 is 0 Å². The second-order valence-corrected chi connectivity index (χ2v) is 1.02. The molecule has 5 nitrogen and oxygen atoms in total. The van der Waals surface area contributed by atoms with Gasteiger partial charge in [0.15, 0.2) is 0 Å². The predicted molar refractivity (Wildman–Crippen MR) is 28.9 cm³/mol. The zero-order valence-corrected chi connectivity index (χ0v) is 7.30. The fraction of sp³-hybridized carbons (Fsp3) is 0.750. The van der Waals surface area contributed by atoms with Crippen LogP contribution in [0.5, 0.6) is 0 Å². The Morgan fingerprint density at radius 2 is 1.40 bits per heavy atom. The molecule has 0 bridgehead atoms. The third kappa shape index (κ3) is 23.8. The second kappa shape index (κ2) is 22.8. The molecule has 6 heteroatoms. The Labute approximate surface area is 71.5 Å². The Kier molecular flexibility index (Phi) is 38.1. The van der Waals surface area contributed by atoms with Gasteiger partial charge in [-0.05, 0) is 0 Å².